The molecule has 8 rings (SSSR count). The Hall–Kier alpha value is -3.69. The van der Waals surface area contributed by atoms with Crippen molar-refractivity contribution in [2.45, 2.75) is 36.1 Å². The van der Waals surface area contributed by atoms with Crippen molar-refractivity contribution in [2.75, 3.05) is 4.90 Å². The quantitative estimate of drug-likeness (QED) is 0.279. The van der Waals surface area contributed by atoms with Crippen LogP contribution in [0.2, 0.25) is 0 Å². The van der Waals surface area contributed by atoms with Crippen molar-refractivity contribution in [3.05, 3.63) is 110 Å². The fraction of sp³-hybridized carbons (Fsp3) is 0.303. The predicted octanol–water partition coefficient (Wildman–Crippen LogP) is 6.14. The van der Waals surface area contributed by atoms with E-state index < -0.39 is 17.7 Å². The van der Waals surface area contributed by atoms with E-state index in [0.29, 0.717) is 12.3 Å². The lowest BCUT2D eigenvalue weighted by Crippen LogP contribution is -2.42. The van der Waals surface area contributed by atoms with Crippen LogP contribution in [0.25, 0.3) is 0 Å². The lowest BCUT2D eigenvalue weighted by molar-refractivity contribution is -0.123. The van der Waals surface area contributed by atoms with Gasteiger partial charge in [-0.05, 0) is 67.0 Å². The molecule has 3 aromatic carbocycles. The summed E-state index contributed by atoms with van der Waals surface area (Å²) in [5.41, 5.74) is 3.67. The normalized spacial score (nSPS) is 29.0. The van der Waals surface area contributed by atoms with Crippen LogP contribution in [0.15, 0.2) is 82.6 Å². The van der Waals surface area contributed by atoms with E-state index in [1.807, 2.05) is 30.3 Å². The molecule has 2 bridgehead atoms. The third-order valence-corrected chi connectivity index (χ3v) is 12.1. The Kier molecular flexibility index (Phi) is 5.98. The van der Waals surface area contributed by atoms with Crippen LogP contribution in [0.1, 0.15) is 33.9 Å². The number of ether oxygens (including phenoxy) is 1. The number of thiazole rings is 1. The number of amides is 2. The van der Waals surface area contributed by atoms with Crippen molar-refractivity contribution < 1.29 is 18.7 Å². The molecule has 1 N–H and O–H groups in total. The second-order valence-corrected chi connectivity index (χ2v) is 14.0. The largest absolute Gasteiger partial charge is 0.489 e. The molecule has 7 atom stereocenters. The van der Waals surface area contributed by atoms with Gasteiger partial charge in [-0.1, -0.05) is 59.4 Å². The highest BCUT2D eigenvalue weighted by molar-refractivity contribution is 8.00. The van der Waals surface area contributed by atoms with Gasteiger partial charge < -0.3 is 9.72 Å². The average Bonchev–Trinajstić information content (AvgIpc) is 3.72. The summed E-state index contributed by atoms with van der Waals surface area (Å²) in [4.78, 5) is 45.6. The van der Waals surface area contributed by atoms with Gasteiger partial charge in [-0.2, -0.15) is 0 Å². The number of aromatic nitrogens is 1. The highest BCUT2D eigenvalue weighted by atomic mass is 32.2. The Morgan fingerprint density at radius 1 is 0.952 bits per heavy atom. The Balaban J connectivity index is 1.18. The minimum absolute atomic E-state index is 0.0105. The van der Waals surface area contributed by atoms with Crippen molar-refractivity contribution in [2.24, 2.45) is 29.6 Å². The maximum atomic E-state index is 13.9. The van der Waals surface area contributed by atoms with E-state index in [-0.39, 0.29) is 45.6 Å². The lowest BCUT2D eigenvalue weighted by Gasteiger charge is -2.43. The van der Waals surface area contributed by atoms with Gasteiger partial charge >= 0.3 is 4.87 Å². The number of H-pyrrole nitrogens is 1. The van der Waals surface area contributed by atoms with Gasteiger partial charge in [-0.3, -0.25) is 19.3 Å². The van der Waals surface area contributed by atoms with Crippen LogP contribution in [0, 0.1) is 42.3 Å². The van der Waals surface area contributed by atoms with Crippen LogP contribution in [-0.4, -0.2) is 22.0 Å². The number of hydrogen-bond acceptors (Lipinski definition) is 6. The highest BCUT2D eigenvalue weighted by Gasteiger charge is 2.69. The zero-order chi connectivity index (χ0) is 28.7. The van der Waals surface area contributed by atoms with Crippen LogP contribution in [-0.2, 0) is 16.2 Å². The SMILES string of the molecule is Cc1cccc(COc2ccccc2[C@H]2c3sc(=O)[nH]c3SC3C4CC(C5C(=O)N(c6ccc(F)cc6)C(=O)C45)C32)c1. The van der Waals surface area contributed by atoms with E-state index in [1.54, 1.807) is 11.8 Å². The average molecular weight is 599 g/mol. The minimum atomic E-state index is -0.422. The van der Waals surface area contributed by atoms with Crippen molar-refractivity contribution in [1.29, 1.82) is 0 Å². The number of para-hydroxylation sites is 1. The first-order valence-electron chi connectivity index (χ1n) is 14.2. The first kappa shape index (κ1) is 26.0. The molecule has 4 aromatic rings. The van der Waals surface area contributed by atoms with Crippen LogP contribution >= 0.6 is 23.1 Å². The van der Waals surface area contributed by atoms with E-state index >= 15 is 0 Å². The van der Waals surface area contributed by atoms with Gasteiger partial charge in [0.05, 0.1) is 22.5 Å². The minimum Gasteiger partial charge on any atom is -0.489 e. The number of nitrogens with zero attached hydrogens (tertiary/aromatic N) is 1. The number of anilines is 1. The predicted molar refractivity (Wildman–Crippen MR) is 159 cm³/mol. The number of carbonyl (C=O) groups is 2. The van der Waals surface area contributed by atoms with Gasteiger partial charge in [0, 0.05) is 21.6 Å². The van der Waals surface area contributed by atoms with E-state index in [2.05, 4.69) is 30.1 Å². The summed E-state index contributed by atoms with van der Waals surface area (Å²) in [7, 11) is 0. The Labute approximate surface area is 249 Å². The summed E-state index contributed by atoms with van der Waals surface area (Å²) in [6.45, 7) is 2.47. The molecule has 9 heteroatoms. The summed E-state index contributed by atoms with van der Waals surface area (Å²) in [5, 5.41) is 0.940. The molecule has 2 aliphatic heterocycles. The summed E-state index contributed by atoms with van der Waals surface area (Å²) in [6, 6.07) is 21.8. The molecule has 0 radical (unpaired) electrons. The van der Waals surface area contributed by atoms with Gasteiger partial charge in [-0.15, -0.1) is 11.8 Å². The molecule has 3 heterocycles. The Bertz CT molecular complexity index is 1800. The summed E-state index contributed by atoms with van der Waals surface area (Å²) >= 11 is 2.90. The standard InChI is InChI=1S/C33H27FN2O4S2/c1-16-5-4-6-17(13-16)15-40-23-8-3-2-7-20(23)24-25-21-14-22(28(25)41-30-29(24)42-33(39)35-30)27-26(21)31(37)36(32(27)38)19-11-9-18(34)10-12-19/h2-13,21-22,24-28H,14-15H2,1H3,(H,35,39)/t21?,22?,24-,25?,26?,27?,28?/m1/s1. The van der Waals surface area contributed by atoms with Gasteiger partial charge in [0.2, 0.25) is 11.8 Å². The van der Waals surface area contributed by atoms with Crippen LogP contribution in [0.4, 0.5) is 10.1 Å². The van der Waals surface area contributed by atoms with Crippen LogP contribution < -0.4 is 14.5 Å². The number of aryl methyl sites for hydroxylation is 1. The third-order valence-electron chi connectivity index (χ3n) is 9.54. The molecule has 3 fully saturated rings. The molecule has 212 valence electrons. The van der Waals surface area contributed by atoms with Crippen LogP contribution in [0.5, 0.6) is 5.75 Å². The maximum Gasteiger partial charge on any atom is 0.305 e. The van der Waals surface area contributed by atoms with E-state index in [4.69, 9.17) is 4.74 Å². The van der Waals surface area contributed by atoms with Gasteiger partial charge in [0.1, 0.15) is 18.2 Å². The fourth-order valence-electron chi connectivity index (χ4n) is 8.04. The molecular weight excluding hydrogens is 572 g/mol. The number of halogens is 1. The highest BCUT2D eigenvalue weighted by Crippen LogP contribution is 2.69. The number of fused-ring (bicyclic) bond motifs is 9. The number of benzene rings is 3. The molecule has 42 heavy (non-hydrogen) atoms. The number of hydrogen-bond donors (Lipinski definition) is 1. The van der Waals surface area contributed by atoms with Crippen molar-refractivity contribution >= 4 is 40.6 Å². The lowest BCUT2D eigenvalue weighted by atomic mass is 9.68. The number of thioether (sulfide) groups is 1. The van der Waals surface area contributed by atoms with E-state index in [0.717, 1.165) is 33.2 Å². The van der Waals surface area contributed by atoms with Gasteiger partial charge in [0.15, 0.2) is 0 Å². The van der Waals surface area contributed by atoms with Crippen molar-refractivity contribution in [3.63, 3.8) is 0 Å². The van der Waals surface area contributed by atoms with Crippen LogP contribution in [0.3, 0.4) is 0 Å². The second kappa shape index (κ2) is 9.67. The first-order valence-corrected chi connectivity index (χ1v) is 15.9. The molecule has 2 amide bonds. The number of imide groups is 1. The zero-order valence-electron chi connectivity index (χ0n) is 22.7. The molecule has 1 aromatic heterocycles. The third kappa shape index (κ3) is 3.86. The zero-order valence-corrected chi connectivity index (χ0v) is 24.3. The number of rotatable bonds is 5. The molecule has 1 saturated heterocycles. The molecular formula is C33H27FN2O4S2. The summed E-state index contributed by atoms with van der Waals surface area (Å²) in [6.07, 6.45) is 0.800. The molecule has 4 aliphatic rings. The number of aromatic amines is 1. The number of nitrogens with one attached hydrogen (secondary N) is 1. The molecule has 6 unspecified atom stereocenters. The van der Waals surface area contributed by atoms with Gasteiger partial charge in [0.25, 0.3) is 0 Å². The van der Waals surface area contributed by atoms with Gasteiger partial charge in [-0.25, -0.2) is 4.39 Å². The molecule has 2 saturated carbocycles. The number of carbonyl (C=O) groups excluding carboxylic acids is 2. The molecule has 0 spiro atoms. The summed E-state index contributed by atoms with van der Waals surface area (Å²) < 4.78 is 20.1. The monoisotopic (exact) mass is 598 g/mol. The molecule has 6 nitrogen and oxygen atoms in total. The van der Waals surface area contributed by atoms with Crippen molar-refractivity contribution in [3.8, 4) is 5.75 Å². The smallest absolute Gasteiger partial charge is 0.305 e. The van der Waals surface area contributed by atoms with E-state index in [1.165, 1.54) is 46.1 Å². The second-order valence-electron chi connectivity index (χ2n) is 11.8. The molecule has 2 aliphatic carbocycles. The summed E-state index contributed by atoms with van der Waals surface area (Å²) in [5.74, 6) is -0.924. The fourth-order valence-corrected chi connectivity index (χ4v) is 10.9. The Morgan fingerprint density at radius 2 is 1.71 bits per heavy atom. The Morgan fingerprint density at radius 3 is 2.50 bits per heavy atom. The van der Waals surface area contributed by atoms with Crippen molar-refractivity contribution in [1.82, 2.24) is 4.98 Å². The topological polar surface area (TPSA) is 79.5 Å². The first-order chi connectivity index (χ1) is 20.4. The van der Waals surface area contributed by atoms with E-state index in [9.17, 15) is 18.8 Å². The maximum absolute atomic E-state index is 13.9.